The highest BCUT2D eigenvalue weighted by Gasteiger charge is 2.13. The van der Waals surface area contributed by atoms with Gasteiger partial charge in [0.1, 0.15) is 5.75 Å². The molecule has 0 bridgehead atoms. The van der Waals surface area contributed by atoms with Gasteiger partial charge in [0.2, 0.25) is 11.8 Å². The molecule has 8 nitrogen and oxygen atoms in total. The number of rotatable bonds is 6. The lowest BCUT2D eigenvalue weighted by molar-refractivity contribution is 0.262. The summed E-state index contributed by atoms with van der Waals surface area (Å²) in [5.74, 6) is 1.54. The van der Waals surface area contributed by atoms with Crippen LogP contribution in [0.15, 0.2) is 73.1 Å². The van der Waals surface area contributed by atoms with Crippen LogP contribution in [0.4, 0.5) is 22.1 Å². The number of carbonyl (C=O) groups excluding carboxylic acids is 1. The Morgan fingerprint density at radius 2 is 1.70 bits per heavy atom. The Kier molecular flexibility index (Phi) is 6.66. The van der Waals surface area contributed by atoms with Crippen LogP contribution < -0.4 is 20.7 Å². The standard InChI is InChI=1S/C24H21ClN6O2/c1-15-14-18(30-24(32)29-17-7-5-16(25)6-8-17)9-10-21(15)33-22-19(4-3-12-27-22)20-11-13-28-23(26-2)31-20/h3-14H,1-2H3,(H,26,28,31)(H2,29,30,32). The molecule has 0 unspecified atom stereocenters. The first-order valence-corrected chi connectivity index (χ1v) is 10.5. The minimum absolute atomic E-state index is 0.360. The van der Waals surface area contributed by atoms with Crippen LogP contribution in [-0.4, -0.2) is 28.0 Å². The predicted molar refractivity (Wildman–Crippen MR) is 130 cm³/mol. The summed E-state index contributed by atoms with van der Waals surface area (Å²) in [5.41, 5.74) is 3.52. The molecular formula is C24H21ClN6O2. The number of nitrogens with one attached hydrogen (secondary N) is 3. The SMILES string of the molecule is CNc1nccc(-c2cccnc2Oc2ccc(NC(=O)Nc3ccc(Cl)cc3)cc2C)n1. The molecule has 0 atom stereocenters. The molecule has 0 saturated heterocycles. The number of urea groups is 1. The lowest BCUT2D eigenvalue weighted by Gasteiger charge is -2.13. The van der Waals surface area contributed by atoms with Crippen molar-refractivity contribution in [1.29, 1.82) is 0 Å². The molecule has 9 heteroatoms. The highest BCUT2D eigenvalue weighted by atomic mass is 35.5. The zero-order chi connectivity index (χ0) is 23.2. The topological polar surface area (TPSA) is 101 Å². The monoisotopic (exact) mass is 460 g/mol. The number of halogens is 1. The fourth-order valence-corrected chi connectivity index (χ4v) is 3.19. The van der Waals surface area contributed by atoms with Crippen LogP contribution in [0, 0.1) is 6.92 Å². The van der Waals surface area contributed by atoms with E-state index in [9.17, 15) is 4.79 Å². The van der Waals surface area contributed by atoms with E-state index < -0.39 is 0 Å². The van der Waals surface area contributed by atoms with Crippen molar-refractivity contribution in [2.75, 3.05) is 23.0 Å². The van der Waals surface area contributed by atoms with Crippen molar-refractivity contribution in [1.82, 2.24) is 15.0 Å². The summed E-state index contributed by atoms with van der Waals surface area (Å²) in [6.45, 7) is 1.89. The van der Waals surface area contributed by atoms with Gasteiger partial charge in [-0.1, -0.05) is 11.6 Å². The van der Waals surface area contributed by atoms with Gasteiger partial charge in [-0.15, -0.1) is 0 Å². The smallest absolute Gasteiger partial charge is 0.323 e. The molecule has 0 aliphatic carbocycles. The second-order valence-electron chi connectivity index (χ2n) is 7.04. The molecule has 33 heavy (non-hydrogen) atoms. The number of benzene rings is 2. The van der Waals surface area contributed by atoms with Crippen LogP contribution in [0.1, 0.15) is 5.56 Å². The first kappa shape index (κ1) is 22.0. The average Bonchev–Trinajstić information content (AvgIpc) is 2.82. The maximum atomic E-state index is 12.3. The summed E-state index contributed by atoms with van der Waals surface area (Å²) in [5, 5.41) is 9.10. The maximum Gasteiger partial charge on any atom is 0.323 e. The van der Waals surface area contributed by atoms with Gasteiger partial charge >= 0.3 is 6.03 Å². The fraction of sp³-hybridized carbons (Fsp3) is 0.0833. The zero-order valence-corrected chi connectivity index (χ0v) is 18.7. The van der Waals surface area contributed by atoms with E-state index in [-0.39, 0.29) is 6.03 Å². The van der Waals surface area contributed by atoms with E-state index in [1.165, 1.54) is 0 Å². The molecular weight excluding hydrogens is 440 g/mol. The summed E-state index contributed by atoms with van der Waals surface area (Å²) in [6, 6.07) is 17.4. The number of anilines is 3. The van der Waals surface area contributed by atoms with E-state index in [1.54, 1.807) is 61.9 Å². The number of carbonyl (C=O) groups is 1. The van der Waals surface area contributed by atoms with E-state index >= 15 is 0 Å². The molecule has 4 aromatic rings. The summed E-state index contributed by atoms with van der Waals surface area (Å²) in [7, 11) is 1.76. The van der Waals surface area contributed by atoms with Crippen LogP contribution in [0.2, 0.25) is 5.02 Å². The number of hydrogen-bond donors (Lipinski definition) is 3. The van der Waals surface area contributed by atoms with Gasteiger partial charge in [0.25, 0.3) is 0 Å². The normalized spacial score (nSPS) is 10.4. The van der Waals surface area contributed by atoms with Crippen LogP contribution in [0.3, 0.4) is 0 Å². The quantitative estimate of drug-likeness (QED) is 0.327. The molecule has 0 radical (unpaired) electrons. The lowest BCUT2D eigenvalue weighted by atomic mass is 10.2. The lowest BCUT2D eigenvalue weighted by Crippen LogP contribution is -2.19. The summed E-state index contributed by atoms with van der Waals surface area (Å²) in [6.07, 6.45) is 3.33. The number of aryl methyl sites for hydroxylation is 1. The summed E-state index contributed by atoms with van der Waals surface area (Å²) >= 11 is 5.87. The Hall–Kier alpha value is -4.17. The van der Waals surface area contributed by atoms with Gasteiger partial charge in [-0.3, -0.25) is 0 Å². The van der Waals surface area contributed by atoms with Crippen molar-refractivity contribution in [3.8, 4) is 22.9 Å². The van der Waals surface area contributed by atoms with Crippen molar-refractivity contribution in [3.05, 3.63) is 83.6 Å². The Balaban J connectivity index is 1.49. The minimum atomic E-state index is -0.360. The second kappa shape index (κ2) is 9.97. The van der Waals surface area contributed by atoms with E-state index in [0.29, 0.717) is 39.7 Å². The first-order valence-electron chi connectivity index (χ1n) is 10.1. The van der Waals surface area contributed by atoms with E-state index in [1.807, 2.05) is 25.1 Å². The Morgan fingerprint density at radius 1 is 0.939 bits per heavy atom. The number of ether oxygens (including phenoxy) is 1. The average molecular weight is 461 g/mol. The molecule has 166 valence electrons. The van der Waals surface area contributed by atoms with Crippen LogP contribution in [-0.2, 0) is 0 Å². The van der Waals surface area contributed by atoms with E-state index in [0.717, 1.165) is 11.1 Å². The molecule has 0 aliphatic rings. The minimum Gasteiger partial charge on any atom is -0.438 e. The first-order chi connectivity index (χ1) is 16.0. The molecule has 2 aromatic carbocycles. The van der Waals surface area contributed by atoms with Gasteiger partial charge in [-0.2, -0.15) is 0 Å². The second-order valence-corrected chi connectivity index (χ2v) is 7.48. The summed E-state index contributed by atoms with van der Waals surface area (Å²) in [4.78, 5) is 25.3. The third-order valence-electron chi connectivity index (χ3n) is 4.67. The molecule has 2 amide bonds. The molecule has 0 saturated carbocycles. The predicted octanol–water partition coefficient (Wildman–Crippen LogP) is 5.98. The van der Waals surface area contributed by atoms with Gasteiger partial charge in [0.15, 0.2) is 0 Å². The van der Waals surface area contributed by atoms with Gasteiger partial charge in [-0.05, 0) is 73.2 Å². The molecule has 2 aromatic heterocycles. The van der Waals surface area contributed by atoms with Gasteiger partial charge < -0.3 is 20.7 Å². The number of aromatic nitrogens is 3. The Bertz CT molecular complexity index is 1280. The molecule has 2 heterocycles. The highest BCUT2D eigenvalue weighted by Crippen LogP contribution is 2.32. The van der Waals surface area contributed by atoms with E-state index in [2.05, 4.69) is 30.9 Å². The molecule has 4 rings (SSSR count). The Morgan fingerprint density at radius 3 is 2.45 bits per heavy atom. The van der Waals surface area contributed by atoms with Crippen molar-refractivity contribution in [2.24, 2.45) is 0 Å². The number of nitrogens with zero attached hydrogens (tertiary/aromatic N) is 3. The van der Waals surface area contributed by atoms with Crippen LogP contribution >= 0.6 is 11.6 Å². The maximum absolute atomic E-state index is 12.3. The van der Waals surface area contributed by atoms with E-state index in [4.69, 9.17) is 16.3 Å². The van der Waals surface area contributed by atoms with Crippen molar-refractivity contribution in [2.45, 2.75) is 6.92 Å². The van der Waals surface area contributed by atoms with Crippen molar-refractivity contribution in [3.63, 3.8) is 0 Å². The molecule has 0 fully saturated rings. The highest BCUT2D eigenvalue weighted by molar-refractivity contribution is 6.30. The summed E-state index contributed by atoms with van der Waals surface area (Å²) < 4.78 is 6.10. The van der Waals surface area contributed by atoms with Gasteiger partial charge in [-0.25, -0.2) is 19.7 Å². The largest absolute Gasteiger partial charge is 0.438 e. The number of hydrogen-bond acceptors (Lipinski definition) is 6. The van der Waals surface area contributed by atoms with Crippen molar-refractivity contribution >= 4 is 35.0 Å². The van der Waals surface area contributed by atoms with Crippen LogP contribution in [0.25, 0.3) is 11.3 Å². The third kappa shape index (κ3) is 5.55. The number of pyridine rings is 1. The molecule has 3 N–H and O–H groups in total. The molecule has 0 aliphatic heterocycles. The van der Waals surface area contributed by atoms with Gasteiger partial charge in [0.05, 0.1) is 11.3 Å². The van der Waals surface area contributed by atoms with Crippen LogP contribution in [0.5, 0.6) is 11.6 Å². The fourth-order valence-electron chi connectivity index (χ4n) is 3.07. The molecule has 0 spiro atoms. The third-order valence-corrected chi connectivity index (χ3v) is 4.92. The Labute approximate surface area is 196 Å². The number of amides is 2. The van der Waals surface area contributed by atoms with Gasteiger partial charge in [0, 0.05) is 35.8 Å². The zero-order valence-electron chi connectivity index (χ0n) is 18.0. The van der Waals surface area contributed by atoms with Crippen molar-refractivity contribution < 1.29 is 9.53 Å².